The summed E-state index contributed by atoms with van der Waals surface area (Å²) in [4.78, 5) is 11.3. The van der Waals surface area contributed by atoms with E-state index in [1.54, 1.807) is 32.4 Å². The Kier molecular flexibility index (Phi) is 3.31. The molecule has 0 saturated heterocycles. The summed E-state index contributed by atoms with van der Waals surface area (Å²) in [6, 6.07) is 5.25. The predicted molar refractivity (Wildman–Crippen MR) is 54.1 cm³/mol. The number of ether oxygens (including phenoxy) is 1. The van der Waals surface area contributed by atoms with Crippen molar-refractivity contribution in [2.24, 2.45) is 0 Å². The minimum atomic E-state index is -0.134. The third-order valence-electron chi connectivity index (χ3n) is 1.65. The van der Waals surface area contributed by atoms with Gasteiger partial charge in [0.1, 0.15) is 5.75 Å². The molecule has 0 spiro atoms. The molecular weight excluding hydrogens is 234 g/mol. The zero-order chi connectivity index (χ0) is 9.84. The van der Waals surface area contributed by atoms with Gasteiger partial charge in [0.05, 0.1) is 12.7 Å². The molecule has 13 heavy (non-hydrogen) atoms. The summed E-state index contributed by atoms with van der Waals surface area (Å²) in [5.41, 5.74) is 0.571. The second-order valence-corrected chi connectivity index (χ2v) is 3.28. The Bertz CT molecular complexity index is 325. The largest absolute Gasteiger partial charge is 0.497 e. The minimum absolute atomic E-state index is 0.134. The second-order valence-electron chi connectivity index (χ2n) is 2.42. The molecule has 0 unspecified atom stereocenters. The van der Waals surface area contributed by atoms with Crippen LogP contribution in [0.3, 0.4) is 0 Å². The number of nitrogens with one attached hydrogen (secondary N) is 1. The van der Waals surface area contributed by atoms with Crippen LogP contribution in [0.5, 0.6) is 5.75 Å². The third-order valence-corrected chi connectivity index (χ3v) is 2.34. The van der Waals surface area contributed by atoms with E-state index >= 15 is 0 Å². The fraction of sp³-hybridized carbons (Fsp3) is 0.222. The van der Waals surface area contributed by atoms with Crippen molar-refractivity contribution in [3.05, 3.63) is 28.2 Å². The first-order valence-electron chi connectivity index (χ1n) is 3.74. The fourth-order valence-electron chi connectivity index (χ4n) is 0.940. The van der Waals surface area contributed by atoms with Gasteiger partial charge in [0.25, 0.3) is 5.91 Å². The van der Waals surface area contributed by atoms with E-state index in [2.05, 4.69) is 21.2 Å². The van der Waals surface area contributed by atoms with E-state index in [1.807, 2.05) is 0 Å². The number of rotatable bonds is 2. The number of halogens is 1. The lowest BCUT2D eigenvalue weighted by Crippen LogP contribution is -2.18. The van der Waals surface area contributed by atoms with Crippen molar-refractivity contribution in [3.8, 4) is 5.75 Å². The zero-order valence-electron chi connectivity index (χ0n) is 7.43. The van der Waals surface area contributed by atoms with Crippen LogP contribution in [0.1, 0.15) is 10.4 Å². The average molecular weight is 244 g/mol. The van der Waals surface area contributed by atoms with E-state index in [-0.39, 0.29) is 5.91 Å². The molecule has 0 aliphatic heterocycles. The van der Waals surface area contributed by atoms with Crippen LogP contribution < -0.4 is 10.1 Å². The molecule has 0 saturated carbocycles. The highest BCUT2D eigenvalue weighted by Gasteiger charge is 2.08. The summed E-state index contributed by atoms with van der Waals surface area (Å²) < 4.78 is 5.76. The van der Waals surface area contributed by atoms with Crippen LogP contribution in [0.25, 0.3) is 0 Å². The first-order chi connectivity index (χ1) is 6.19. The first-order valence-corrected chi connectivity index (χ1v) is 4.54. The molecule has 0 aliphatic rings. The Morgan fingerprint density at radius 2 is 2.23 bits per heavy atom. The molecule has 0 aromatic heterocycles. The van der Waals surface area contributed by atoms with Gasteiger partial charge < -0.3 is 10.1 Å². The van der Waals surface area contributed by atoms with Crippen molar-refractivity contribution in [1.29, 1.82) is 0 Å². The molecule has 0 radical (unpaired) electrons. The van der Waals surface area contributed by atoms with E-state index in [4.69, 9.17) is 4.74 Å². The molecule has 70 valence electrons. The molecule has 0 heterocycles. The van der Waals surface area contributed by atoms with Crippen molar-refractivity contribution >= 4 is 21.8 Å². The average Bonchev–Trinajstić information content (AvgIpc) is 2.17. The van der Waals surface area contributed by atoms with Crippen LogP contribution in [0, 0.1) is 0 Å². The van der Waals surface area contributed by atoms with Gasteiger partial charge in [-0.3, -0.25) is 4.79 Å². The summed E-state index contributed by atoms with van der Waals surface area (Å²) in [6.45, 7) is 0. The van der Waals surface area contributed by atoms with Gasteiger partial charge in [0, 0.05) is 11.5 Å². The lowest BCUT2D eigenvalue weighted by molar-refractivity contribution is 0.0962. The van der Waals surface area contributed by atoms with Crippen LogP contribution >= 0.6 is 15.9 Å². The number of carbonyl (C=O) groups is 1. The zero-order valence-corrected chi connectivity index (χ0v) is 9.01. The van der Waals surface area contributed by atoms with Gasteiger partial charge in [-0.1, -0.05) is 0 Å². The maximum absolute atomic E-state index is 11.3. The summed E-state index contributed by atoms with van der Waals surface area (Å²) in [7, 11) is 3.16. The molecule has 0 atom stereocenters. The molecule has 4 heteroatoms. The monoisotopic (exact) mass is 243 g/mol. The lowest BCUT2D eigenvalue weighted by Gasteiger charge is -2.05. The van der Waals surface area contributed by atoms with Crippen molar-refractivity contribution in [1.82, 2.24) is 5.32 Å². The number of carbonyl (C=O) groups excluding carboxylic acids is 1. The molecule has 3 nitrogen and oxygen atoms in total. The topological polar surface area (TPSA) is 38.3 Å². The third kappa shape index (κ3) is 2.21. The SMILES string of the molecule is CNC(=O)c1cc(OC)ccc1Br. The van der Waals surface area contributed by atoms with Crippen molar-refractivity contribution in [2.75, 3.05) is 14.2 Å². The van der Waals surface area contributed by atoms with Crippen LogP contribution in [-0.2, 0) is 0 Å². The first kappa shape index (κ1) is 10.1. The molecule has 0 bridgehead atoms. The van der Waals surface area contributed by atoms with Gasteiger partial charge in [-0.15, -0.1) is 0 Å². The molecule has 1 aromatic rings. The predicted octanol–water partition coefficient (Wildman–Crippen LogP) is 1.82. The molecular formula is C9H10BrNO2. The van der Waals surface area contributed by atoms with E-state index in [9.17, 15) is 4.79 Å². The van der Waals surface area contributed by atoms with Crippen LogP contribution in [0.2, 0.25) is 0 Å². The van der Waals surface area contributed by atoms with Crippen LogP contribution in [0.15, 0.2) is 22.7 Å². The van der Waals surface area contributed by atoms with E-state index in [1.165, 1.54) is 0 Å². The Morgan fingerprint density at radius 3 is 2.77 bits per heavy atom. The summed E-state index contributed by atoms with van der Waals surface area (Å²) in [5, 5.41) is 2.55. The van der Waals surface area contributed by atoms with E-state index in [0.717, 1.165) is 4.47 Å². The number of hydrogen-bond donors (Lipinski definition) is 1. The number of hydrogen-bond acceptors (Lipinski definition) is 2. The van der Waals surface area contributed by atoms with Gasteiger partial charge in [-0.2, -0.15) is 0 Å². The van der Waals surface area contributed by atoms with Crippen LogP contribution in [0.4, 0.5) is 0 Å². The summed E-state index contributed by atoms with van der Waals surface area (Å²) in [6.07, 6.45) is 0. The fourth-order valence-corrected chi connectivity index (χ4v) is 1.37. The molecule has 1 rings (SSSR count). The highest BCUT2D eigenvalue weighted by Crippen LogP contribution is 2.22. The van der Waals surface area contributed by atoms with Gasteiger partial charge in [0.2, 0.25) is 0 Å². The standard InChI is InChI=1S/C9H10BrNO2/c1-11-9(12)7-5-6(13-2)3-4-8(7)10/h3-5H,1-2H3,(H,11,12). The summed E-state index contributed by atoms with van der Waals surface area (Å²) in [5.74, 6) is 0.535. The number of methoxy groups -OCH3 is 1. The maximum atomic E-state index is 11.3. The smallest absolute Gasteiger partial charge is 0.252 e. The van der Waals surface area contributed by atoms with E-state index in [0.29, 0.717) is 11.3 Å². The van der Waals surface area contributed by atoms with Gasteiger partial charge >= 0.3 is 0 Å². The van der Waals surface area contributed by atoms with Crippen molar-refractivity contribution in [2.45, 2.75) is 0 Å². The number of benzene rings is 1. The number of amides is 1. The minimum Gasteiger partial charge on any atom is -0.497 e. The normalized spacial score (nSPS) is 9.46. The van der Waals surface area contributed by atoms with Crippen molar-refractivity contribution in [3.63, 3.8) is 0 Å². The highest BCUT2D eigenvalue weighted by atomic mass is 79.9. The van der Waals surface area contributed by atoms with Crippen molar-refractivity contribution < 1.29 is 9.53 Å². The van der Waals surface area contributed by atoms with Crippen LogP contribution in [-0.4, -0.2) is 20.1 Å². The maximum Gasteiger partial charge on any atom is 0.252 e. The molecule has 1 amide bonds. The summed E-state index contributed by atoms with van der Waals surface area (Å²) >= 11 is 3.28. The molecule has 1 aromatic carbocycles. The highest BCUT2D eigenvalue weighted by molar-refractivity contribution is 9.10. The van der Waals surface area contributed by atoms with E-state index < -0.39 is 0 Å². The van der Waals surface area contributed by atoms with Gasteiger partial charge in [0.15, 0.2) is 0 Å². The molecule has 1 N–H and O–H groups in total. The van der Waals surface area contributed by atoms with Gasteiger partial charge in [-0.05, 0) is 34.1 Å². The second kappa shape index (κ2) is 4.28. The Labute approximate surface area is 85.2 Å². The van der Waals surface area contributed by atoms with Gasteiger partial charge in [-0.25, -0.2) is 0 Å². The Morgan fingerprint density at radius 1 is 1.54 bits per heavy atom. The molecule has 0 fully saturated rings. The lowest BCUT2D eigenvalue weighted by atomic mass is 10.2. The Balaban J connectivity index is 3.11. The Hall–Kier alpha value is -1.03. The molecule has 0 aliphatic carbocycles. The quantitative estimate of drug-likeness (QED) is 0.861.